The first-order valence-electron chi connectivity index (χ1n) is 6.38. The summed E-state index contributed by atoms with van der Waals surface area (Å²) < 4.78 is 0. The number of hydrogen-bond donors (Lipinski definition) is 1. The van der Waals surface area contributed by atoms with Gasteiger partial charge in [-0.1, -0.05) is 30.3 Å². The predicted octanol–water partition coefficient (Wildman–Crippen LogP) is 3.01. The SMILES string of the molecule is Nc1ncccc1N1CCCC1c1ccccc1. The maximum atomic E-state index is 5.99. The van der Waals surface area contributed by atoms with E-state index in [1.807, 2.05) is 6.07 Å². The van der Waals surface area contributed by atoms with E-state index in [1.165, 1.54) is 18.4 Å². The average molecular weight is 239 g/mol. The molecule has 2 N–H and O–H groups in total. The second kappa shape index (κ2) is 4.69. The zero-order valence-electron chi connectivity index (χ0n) is 10.3. The Morgan fingerprint density at radius 1 is 1.11 bits per heavy atom. The number of hydrogen-bond acceptors (Lipinski definition) is 3. The zero-order valence-corrected chi connectivity index (χ0v) is 10.3. The van der Waals surface area contributed by atoms with E-state index >= 15 is 0 Å². The summed E-state index contributed by atoms with van der Waals surface area (Å²) in [5, 5.41) is 0. The third-order valence-corrected chi connectivity index (χ3v) is 3.56. The van der Waals surface area contributed by atoms with Crippen LogP contribution < -0.4 is 10.6 Å². The van der Waals surface area contributed by atoms with Crippen LogP contribution in [0.2, 0.25) is 0 Å². The molecule has 3 heteroatoms. The minimum atomic E-state index is 0.428. The molecule has 1 unspecified atom stereocenters. The topological polar surface area (TPSA) is 42.1 Å². The zero-order chi connectivity index (χ0) is 12.4. The van der Waals surface area contributed by atoms with Crippen molar-refractivity contribution in [3.63, 3.8) is 0 Å². The molecular formula is C15H17N3. The summed E-state index contributed by atoms with van der Waals surface area (Å²) in [6.07, 6.45) is 4.12. The summed E-state index contributed by atoms with van der Waals surface area (Å²) >= 11 is 0. The first-order chi connectivity index (χ1) is 8.86. The summed E-state index contributed by atoms with van der Waals surface area (Å²) in [6.45, 7) is 1.05. The summed E-state index contributed by atoms with van der Waals surface area (Å²) in [5.74, 6) is 0.625. The van der Waals surface area contributed by atoms with Gasteiger partial charge in [0.2, 0.25) is 0 Å². The number of aromatic nitrogens is 1. The Labute approximate surface area is 107 Å². The molecule has 0 saturated carbocycles. The Balaban J connectivity index is 1.95. The van der Waals surface area contributed by atoms with E-state index in [2.05, 4.69) is 46.3 Å². The molecule has 1 aliphatic heterocycles. The van der Waals surface area contributed by atoms with Crippen LogP contribution in [0.25, 0.3) is 0 Å². The number of nitrogens with zero attached hydrogens (tertiary/aromatic N) is 2. The molecule has 1 aromatic carbocycles. The van der Waals surface area contributed by atoms with Crippen molar-refractivity contribution < 1.29 is 0 Å². The number of nitrogen functional groups attached to an aromatic ring is 1. The van der Waals surface area contributed by atoms with Crippen LogP contribution in [-0.4, -0.2) is 11.5 Å². The molecule has 1 atom stereocenters. The number of benzene rings is 1. The van der Waals surface area contributed by atoms with E-state index in [9.17, 15) is 0 Å². The Morgan fingerprint density at radius 3 is 2.72 bits per heavy atom. The smallest absolute Gasteiger partial charge is 0.146 e. The highest BCUT2D eigenvalue weighted by atomic mass is 15.2. The largest absolute Gasteiger partial charge is 0.382 e. The lowest BCUT2D eigenvalue weighted by Gasteiger charge is -2.27. The van der Waals surface area contributed by atoms with Gasteiger partial charge in [0.15, 0.2) is 0 Å². The lowest BCUT2D eigenvalue weighted by Crippen LogP contribution is -2.23. The highest BCUT2D eigenvalue weighted by molar-refractivity contribution is 5.64. The van der Waals surface area contributed by atoms with Crippen molar-refractivity contribution in [2.45, 2.75) is 18.9 Å². The van der Waals surface area contributed by atoms with E-state index < -0.39 is 0 Å². The molecule has 3 rings (SSSR count). The average Bonchev–Trinajstić information content (AvgIpc) is 2.89. The van der Waals surface area contributed by atoms with Gasteiger partial charge in [-0.15, -0.1) is 0 Å². The minimum absolute atomic E-state index is 0.428. The Kier molecular flexibility index (Phi) is 2.89. The molecule has 0 spiro atoms. The predicted molar refractivity (Wildman–Crippen MR) is 74.4 cm³/mol. The van der Waals surface area contributed by atoms with Crippen molar-refractivity contribution in [2.75, 3.05) is 17.2 Å². The molecule has 0 bridgehead atoms. The van der Waals surface area contributed by atoms with Gasteiger partial charge < -0.3 is 10.6 Å². The van der Waals surface area contributed by atoms with Crippen molar-refractivity contribution in [2.24, 2.45) is 0 Å². The van der Waals surface area contributed by atoms with Crippen LogP contribution in [-0.2, 0) is 0 Å². The van der Waals surface area contributed by atoms with Crippen molar-refractivity contribution >= 4 is 11.5 Å². The van der Waals surface area contributed by atoms with E-state index in [4.69, 9.17) is 5.73 Å². The third-order valence-electron chi connectivity index (χ3n) is 3.56. The molecule has 2 aromatic rings. The number of nitrogens with two attached hydrogens (primary N) is 1. The molecule has 92 valence electrons. The quantitative estimate of drug-likeness (QED) is 0.876. The van der Waals surface area contributed by atoms with Crippen molar-refractivity contribution in [3.8, 4) is 0 Å². The van der Waals surface area contributed by atoms with Gasteiger partial charge in [-0.05, 0) is 30.5 Å². The Bertz CT molecular complexity index is 524. The maximum absolute atomic E-state index is 5.99. The van der Waals surface area contributed by atoms with Crippen LogP contribution >= 0.6 is 0 Å². The van der Waals surface area contributed by atoms with Gasteiger partial charge in [-0.3, -0.25) is 0 Å². The van der Waals surface area contributed by atoms with Gasteiger partial charge in [0.25, 0.3) is 0 Å². The first kappa shape index (κ1) is 11.1. The van der Waals surface area contributed by atoms with Gasteiger partial charge in [0, 0.05) is 12.7 Å². The molecule has 1 aromatic heterocycles. The van der Waals surface area contributed by atoms with E-state index in [0.717, 1.165) is 12.2 Å². The number of anilines is 2. The van der Waals surface area contributed by atoms with E-state index in [1.54, 1.807) is 6.20 Å². The fourth-order valence-electron chi connectivity index (χ4n) is 2.73. The molecule has 0 aliphatic carbocycles. The van der Waals surface area contributed by atoms with E-state index in [-0.39, 0.29) is 0 Å². The molecule has 1 aliphatic rings. The molecule has 18 heavy (non-hydrogen) atoms. The second-order valence-corrected chi connectivity index (χ2v) is 4.67. The molecule has 1 saturated heterocycles. The van der Waals surface area contributed by atoms with Gasteiger partial charge in [0.1, 0.15) is 5.82 Å². The first-order valence-corrected chi connectivity index (χ1v) is 6.38. The molecular weight excluding hydrogens is 222 g/mol. The van der Waals surface area contributed by atoms with Crippen molar-refractivity contribution in [1.29, 1.82) is 0 Å². The van der Waals surface area contributed by atoms with Gasteiger partial charge in [0.05, 0.1) is 11.7 Å². The Hall–Kier alpha value is -2.03. The van der Waals surface area contributed by atoms with Crippen LogP contribution in [0.15, 0.2) is 48.7 Å². The van der Waals surface area contributed by atoms with Crippen LogP contribution in [0.5, 0.6) is 0 Å². The Morgan fingerprint density at radius 2 is 1.94 bits per heavy atom. The molecule has 3 nitrogen and oxygen atoms in total. The maximum Gasteiger partial charge on any atom is 0.146 e. The lowest BCUT2D eigenvalue weighted by atomic mass is 10.0. The normalized spacial score (nSPS) is 19.1. The van der Waals surface area contributed by atoms with Gasteiger partial charge >= 0.3 is 0 Å². The van der Waals surface area contributed by atoms with Crippen molar-refractivity contribution in [1.82, 2.24) is 4.98 Å². The summed E-state index contributed by atoms with van der Waals surface area (Å²) in [6, 6.07) is 15.1. The van der Waals surface area contributed by atoms with E-state index in [0.29, 0.717) is 11.9 Å². The lowest BCUT2D eigenvalue weighted by molar-refractivity contribution is 0.719. The highest BCUT2D eigenvalue weighted by Gasteiger charge is 2.27. The van der Waals surface area contributed by atoms with Gasteiger partial charge in [-0.2, -0.15) is 0 Å². The van der Waals surface area contributed by atoms with Crippen molar-refractivity contribution in [3.05, 3.63) is 54.2 Å². The van der Waals surface area contributed by atoms with Crippen LogP contribution in [0.3, 0.4) is 0 Å². The highest BCUT2D eigenvalue weighted by Crippen LogP contribution is 2.37. The van der Waals surface area contributed by atoms with Crippen LogP contribution in [0.4, 0.5) is 11.5 Å². The second-order valence-electron chi connectivity index (χ2n) is 4.67. The van der Waals surface area contributed by atoms with Crippen LogP contribution in [0, 0.1) is 0 Å². The fourth-order valence-corrected chi connectivity index (χ4v) is 2.73. The molecule has 0 radical (unpaired) electrons. The number of rotatable bonds is 2. The monoisotopic (exact) mass is 239 g/mol. The standard InChI is InChI=1S/C15H17N3/c16-15-14(8-4-10-17-15)18-11-5-9-13(18)12-6-2-1-3-7-12/h1-4,6-8,10,13H,5,9,11H2,(H2,16,17). The summed E-state index contributed by atoms with van der Waals surface area (Å²) in [5.41, 5.74) is 8.41. The minimum Gasteiger partial charge on any atom is -0.382 e. The van der Waals surface area contributed by atoms with Crippen LogP contribution in [0.1, 0.15) is 24.4 Å². The number of pyridine rings is 1. The fraction of sp³-hybridized carbons (Fsp3) is 0.267. The molecule has 1 fully saturated rings. The molecule has 0 amide bonds. The molecule has 2 heterocycles. The summed E-state index contributed by atoms with van der Waals surface area (Å²) in [4.78, 5) is 6.56. The third kappa shape index (κ3) is 1.92. The summed E-state index contributed by atoms with van der Waals surface area (Å²) in [7, 11) is 0. The van der Waals surface area contributed by atoms with Gasteiger partial charge in [-0.25, -0.2) is 4.98 Å².